The van der Waals surface area contributed by atoms with Crippen LogP contribution in [-0.4, -0.2) is 16.1 Å². The molecule has 0 aliphatic heterocycles. The molecule has 4 N–H and O–H groups in total. The normalized spacial score (nSPS) is 8.36. The van der Waals surface area contributed by atoms with Gasteiger partial charge in [-0.25, -0.2) is 0 Å². The minimum atomic E-state index is -0.435. The molecule has 0 saturated heterocycles. The van der Waals surface area contributed by atoms with Crippen LogP contribution in [0.4, 0.5) is 0 Å². The molecule has 1 aromatic rings. The second-order valence-electron chi connectivity index (χ2n) is 2.63. The molecule has 4 heteroatoms. The van der Waals surface area contributed by atoms with E-state index in [1.54, 1.807) is 19.1 Å². The van der Waals surface area contributed by atoms with Crippen LogP contribution in [-0.2, 0) is 4.79 Å². The van der Waals surface area contributed by atoms with Crippen LogP contribution in [0.1, 0.15) is 6.92 Å². The Hall–Kier alpha value is -1.97. The number of primary amides is 1. The van der Waals surface area contributed by atoms with Crippen LogP contribution >= 0.6 is 0 Å². The number of para-hydroxylation sites is 2. The molecule has 14 heavy (non-hydrogen) atoms. The number of phenols is 2. The first-order chi connectivity index (χ1) is 6.45. The number of benzene rings is 1. The van der Waals surface area contributed by atoms with Crippen molar-refractivity contribution in [3.8, 4) is 11.5 Å². The van der Waals surface area contributed by atoms with Crippen molar-refractivity contribution in [1.29, 1.82) is 0 Å². The summed E-state index contributed by atoms with van der Waals surface area (Å²) in [5.41, 5.74) is 5.09. The van der Waals surface area contributed by atoms with Gasteiger partial charge in [-0.2, -0.15) is 0 Å². The van der Waals surface area contributed by atoms with Gasteiger partial charge in [0.2, 0.25) is 5.91 Å². The third kappa shape index (κ3) is 4.82. The van der Waals surface area contributed by atoms with Gasteiger partial charge in [0, 0.05) is 5.57 Å². The molecule has 1 rings (SSSR count). The molecule has 0 heterocycles. The third-order valence-electron chi connectivity index (χ3n) is 1.30. The zero-order chi connectivity index (χ0) is 11.1. The topological polar surface area (TPSA) is 83.6 Å². The highest BCUT2D eigenvalue weighted by molar-refractivity contribution is 5.90. The SMILES string of the molecule is C=C(C)C(N)=O.Oc1ccccc1O. The van der Waals surface area contributed by atoms with Gasteiger partial charge in [-0.1, -0.05) is 18.7 Å². The summed E-state index contributed by atoms with van der Waals surface area (Å²) in [6, 6.07) is 6.15. The summed E-state index contributed by atoms with van der Waals surface area (Å²) in [5.74, 6) is -0.588. The minimum absolute atomic E-state index is 0.0764. The third-order valence-corrected chi connectivity index (χ3v) is 1.30. The molecular weight excluding hydrogens is 182 g/mol. The maximum atomic E-state index is 9.82. The van der Waals surface area contributed by atoms with Crippen LogP contribution in [0, 0.1) is 0 Å². The van der Waals surface area contributed by atoms with Gasteiger partial charge in [0.1, 0.15) is 0 Å². The first kappa shape index (κ1) is 12.0. The van der Waals surface area contributed by atoms with Crippen LogP contribution in [0.25, 0.3) is 0 Å². The number of phenolic OH excluding ortho intramolecular Hbond substituents is 2. The van der Waals surface area contributed by atoms with Crippen LogP contribution < -0.4 is 5.73 Å². The predicted octanol–water partition coefficient (Wildman–Crippen LogP) is 1.15. The van der Waals surface area contributed by atoms with Crippen LogP contribution in [0.2, 0.25) is 0 Å². The Labute approximate surface area is 82.3 Å². The molecule has 0 aliphatic rings. The van der Waals surface area contributed by atoms with Crippen molar-refractivity contribution in [3.63, 3.8) is 0 Å². The number of hydrogen-bond donors (Lipinski definition) is 3. The second kappa shape index (κ2) is 5.64. The smallest absolute Gasteiger partial charge is 0.243 e. The zero-order valence-corrected chi connectivity index (χ0v) is 7.90. The van der Waals surface area contributed by atoms with Crippen molar-refractivity contribution in [1.82, 2.24) is 0 Å². The summed E-state index contributed by atoms with van der Waals surface area (Å²) in [6.45, 7) is 4.85. The van der Waals surface area contributed by atoms with Crippen molar-refractivity contribution in [2.24, 2.45) is 5.73 Å². The highest BCUT2D eigenvalue weighted by atomic mass is 16.3. The lowest BCUT2D eigenvalue weighted by Gasteiger charge is -1.91. The minimum Gasteiger partial charge on any atom is -0.504 e. The molecule has 0 saturated carbocycles. The zero-order valence-electron chi connectivity index (χ0n) is 7.90. The molecule has 0 fully saturated rings. The Morgan fingerprint density at radius 2 is 1.57 bits per heavy atom. The van der Waals surface area contributed by atoms with Crippen molar-refractivity contribution >= 4 is 5.91 Å². The lowest BCUT2D eigenvalue weighted by Crippen LogP contribution is -2.10. The summed E-state index contributed by atoms with van der Waals surface area (Å²) in [7, 11) is 0. The van der Waals surface area contributed by atoms with Crippen LogP contribution in [0.15, 0.2) is 36.4 Å². The van der Waals surface area contributed by atoms with Crippen LogP contribution in [0.5, 0.6) is 11.5 Å². The van der Waals surface area contributed by atoms with Gasteiger partial charge >= 0.3 is 0 Å². The summed E-state index contributed by atoms with van der Waals surface area (Å²) in [6.07, 6.45) is 0. The molecule has 76 valence electrons. The molecule has 0 atom stereocenters. The highest BCUT2D eigenvalue weighted by Gasteiger charge is 1.90. The molecule has 0 aromatic heterocycles. The fourth-order valence-electron chi connectivity index (χ4n) is 0.464. The van der Waals surface area contributed by atoms with Crippen molar-refractivity contribution in [2.45, 2.75) is 6.92 Å². The number of aromatic hydroxyl groups is 2. The van der Waals surface area contributed by atoms with Gasteiger partial charge in [-0.3, -0.25) is 4.79 Å². The van der Waals surface area contributed by atoms with E-state index in [1.165, 1.54) is 12.1 Å². The summed E-state index contributed by atoms with van der Waals surface area (Å²) in [5, 5.41) is 17.3. The van der Waals surface area contributed by atoms with Crippen molar-refractivity contribution < 1.29 is 15.0 Å². The van der Waals surface area contributed by atoms with E-state index in [1.807, 2.05) is 0 Å². The Balaban J connectivity index is 0.000000255. The number of hydrogen-bond acceptors (Lipinski definition) is 3. The molecule has 0 unspecified atom stereocenters. The van der Waals surface area contributed by atoms with E-state index in [-0.39, 0.29) is 11.5 Å². The average Bonchev–Trinajstić information content (AvgIpc) is 2.11. The Morgan fingerprint density at radius 1 is 1.29 bits per heavy atom. The first-order valence-electron chi connectivity index (χ1n) is 3.87. The molecule has 0 radical (unpaired) electrons. The molecule has 1 amide bonds. The van der Waals surface area contributed by atoms with E-state index < -0.39 is 5.91 Å². The quantitative estimate of drug-likeness (QED) is 0.464. The highest BCUT2D eigenvalue weighted by Crippen LogP contribution is 2.21. The molecule has 4 nitrogen and oxygen atoms in total. The maximum Gasteiger partial charge on any atom is 0.243 e. The Kier molecular flexibility index (Phi) is 4.84. The standard InChI is InChI=1S/C6H6O2.C4H7NO/c7-5-3-1-2-4-6(5)8;1-3(2)4(5)6/h1-4,7-8H;1H2,2H3,(H2,5,6). The Bertz CT molecular complexity index is 301. The van der Waals surface area contributed by atoms with Gasteiger partial charge in [-0.05, 0) is 19.1 Å². The van der Waals surface area contributed by atoms with Gasteiger partial charge < -0.3 is 15.9 Å². The van der Waals surface area contributed by atoms with Crippen LogP contribution in [0.3, 0.4) is 0 Å². The monoisotopic (exact) mass is 195 g/mol. The molecule has 0 bridgehead atoms. The van der Waals surface area contributed by atoms with Gasteiger partial charge in [0.15, 0.2) is 11.5 Å². The van der Waals surface area contributed by atoms with E-state index in [0.29, 0.717) is 5.57 Å². The summed E-state index contributed by atoms with van der Waals surface area (Å²) < 4.78 is 0. The van der Waals surface area contributed by atoms with Crippen molar-refractivity contribution in [2.75, 3.05) is 0 Å². The Morgan fingerprint density at radius 3 is 1.71 bits per heavy atom. The largest absolute Gasteiger partial charge is 0.504 e. The molecule has 1 aromatic carbocycles. The van der Waals surface area contributed by atoms with E-state index in [2.05, 4.69) is 6.58 Å². The number of nitrogens with two attached hydrogens (primary N) is 1. The number of amides is 1. The lowest BCUT2D eigenvalue weighted by molar-refractivity contribution is -0.114. The van der Waals surface area contributed by atoms with Crippen molar-refractivity contribution in [3.05, 3.63) is 36.4 Å². The summed E-state index contributed by atoms with van der Waals surface area (Å²) in [4.78, 5) is 9.82. The maximum absolute atomic E-state index is 9.82. The van der Waals surface area contributed by atoms with E-state index in [9.17, 15) is 4.79 Å². The van der Waals surface area contributed by atoms with Gasteiger partial charge in [-0.15, -0.1) is 0 Å². The van der Waals surface area contributed by atoms with Gasteiger partial charge in [0.05, 0.1) is 0 Å². The predicted molar refractivity (Wildman–Crippen MR) is 53.8 cm³/mol. The lowest BCUT2D eigenvalue weighted by atomic mass is 10.3. The molecule has 0 spiro atoms. The van der Waals surface area contributed by atoms with E-state index in [4.69, 9.17) is 15.9 Å². The fraction of sp³-hybridized carbons (Fsp3) is 0.100. The fourth-order valence-corrected chi connectivity index (χ4v) is 0.464. The molecular formula is C10H13NO3. The second-order valence-corrected chi connectivity index (χ2v) is 2.63. The summed E-state index contributed by atoms with van der Waals surface area (Å²) >= 11 is 0. The number of rotatable bonds is 1. The number of carbonyl (C=O) groups is 1. The number of carbonyl (C=O) groups excluding carboxylic acids is 1. The van der Waals surface area contributed by atoms with E-state index in [0.717, 1.165) is 0 Å². The van der Waals surface area contributed by atoms with Gasteiger partial charge in [0.25, 0.3) is 0 Å². The first-order valence-corrected chi connectivity index (χ1v) is 3.87. The average molecular weight is 195 g/mol. The molecule has 0 aliphatic carbocycles. The van der Waals surface area contributed by atoms with E-state index >= 15 is 0 Å².